The van der Waals surface area contributed by atoms with Crippen LogP contribution in [0.3, 0.4) is 0 Å². The number of nitrogens with two attached hydrogens (primary N) is 1. The molecule has 1 unspecified atom stereocenters. The van der Waals surface area contributed by atoms with E-state index >= 15 is 0 Å². The lowest BCUT2D eigenvalue weighted by molar-refractivity contribution is -0.00951. The molecule has 0 saturated carbocycles. The van der Waals surface area contributed by atoms with Gasteiger partial charge < -0.3 is 10.6 Å². The van der Waals surface area contributed by atoms with Gasteiger partial charge in [0.25, 0.3) is 0 Å². The molecule has 1 atom stereocenters. The molecule has 0 amide bonds. The largest absolute Gasteiger partial charge is 0.386 e. The minimum atomic E-state index is -0.176. The average molecular weight is 514 g/mol. The van der Waals surface area contributed by atoms with Crippen molar-refractivity contribution in [2.75, 3.05) is 13.3 Å². The number of aliphatic imine (C=N–C) groups is 1. The molecule has 6 heteroatoms. The fraction of sp³-hybridized carbons (Fsp3) is 0.375. The highest BCUT2D eigenvalue weighted by Crippen LogP contribution is 2.24. The minimum Gasteiger partial charge on any atom is -0.386 e. The van der Waals surface area contributed by atoms with E-state index in [0.717, 1.165) is 40.9 Å². The van der Waals surface area contributed by atoms with E-state index in [1.54, 1.807) is 12.1 Å². The smallest absolute Gasteiger partial charge is 0.126 e. The van der Waals surface area contributed by atoms with Gasteiger partial charge in [0, 0.05) is 5.70 Å². The summed E-state index contributed by atoms with van der Waals surface area (Å²) in [7, 11) is 0. The molecule has 3 rings (SSSR count). The number of allylic oxidation sites excluding steroid dienone is 4. The topological polar surface area (TPSA) is 68.7 Å². The molecule has 1 aliphatic heterocycles. The zero-order chi connectivity index (χ0) is 27.8. The molecule has 1 saturated heterocycles. The fourth-order valence-corrected chi connectivity index (χ4v) is 4.43. The van der Waals surface area contributed by atoms with Gasteiger partial charge in [-0.3, -0.25) is 4.90 Å². The Kier molecular flexibility index (Phi) is 10.0. The summed E-state index contributed by atoms with van der Waals surface area (Å²) in [4.78, 5) is 9.01. The molecule has 0 aliphatic carbocycles. The summed E-state index contributed by atoms with van der Waals surface area (Å²) >= 11 is 0. The number of aryl methyl sites for hydroxylation is 4. The molecule has 0 aromatic heterocycles. The zero-order valence-corrected chi connectivity index (χ0v) is 23.4. The molecular weight excluding hydrogens is 473 g/mol. The molecule has 0 spiro atoms. The standard InChI is InChI=1S/C32H40FN5/c1-7-8-27-11-14-31(24(4)17-27)36-32(35)26(6)38-20-37(21-38)25(5)18-28(19-34)15-22(2)9-12-29-13-10-23(3)16-30(29)33/h10-11,13-18,26H,5,7-9,12,20-21H2,1-4,6H3,(H2,35,36)/b22-15+,28-18+. The van der Waals surface area contributed by atoms with Crippen molar-refractivity contribution in [2.24, 2.45) is 10.7 Å². The van der Waals surface area contributed by atoms with E-state index in [0.29, 0.717) is 43.2 Å². The molecule has 2 N–H and O–H groups in total. The highest BCUT2D eigenvalue weighted by Gasteiger charge is 2.30. The van der Waals surface area contributed by atoms with Gasteiger partial charge in [0.1, 0.15) is 11.7 Å². The molecule has 0 bridgehead atoms. The zero-order valence-electron chi connectivity index (χ0n) is 23.4. The average Bonchev–Trinajstić information content (AvgIpc) is 2.83. The van der Waals surface area contributed by atoms with E-state index in [1.165, 1.54) is 5.56 Å². The van der Waals surface area contributed by atoms with Crippen molar-refractivity contribution >= 4 is 11.5 Å². The van der Waals surface area contributed by atoms with Gasteiger partial charge in [-0.25, -0.2) is 9.38 Å². The van der Waals surface area contributed by atoms with Crippen molar-refractivity contribution in [3.63, 3.8) is 0 Å². The first-order chi connectivity index (χ1) is 18.1. The van der Waals surface area contributed by atoms with Crippen LogP contribution >= 0.6 is 0 Å². The third kappa shape index (κ3) is 7.66. The van der Waals surface area contributed by atoms with Crippen LogP contribution in [0.1, 0.15) is 55.9 Å². The predicted molar refractivity (Wildman–Crippen MR) is 155 cm³/mol. The van der Waals surface area contributed by atoms with Crippen LogP contribution in [-0.2, 0) is 12.8 Å². The maximum Gasteiger partial charge on any atom is 0.126 e. The molecule has 38 heavy (non-hydrogen) atoms. The van der Waals surface area contributed by atoms with Crippen LogP contribution in [-0.4, -0.2) is 35.0 Å². The normalized spacial score (nSPS) is 15.7. The molecule has 1 aliphatic rings. The van der Waals surface area contributed by atoms with Gasteiger partial charge in [-0.2, -0.15) is 5.26 Å². The van der Waals surface area contributed by atoms with E-state index < -0.39 is 0 Å². The number of hydrogen-bond donors (Lipinski definition) is 1. The minimum absolute atomic E-state index is 0.0162. The fourth-order valence-electron chi connectivity index (χ4n) is 4.43. The number of hydrogen-bond acceptors (Lipinski definition) is 4. The third-order valence-electron chi connectivity index (χ3n) is 6.99. The number of benzene rings is 2. The second kappa shape index (κ2) is 13.2. The SMILES string of the molecule is C=C(/C=C(C#N)\C=C(/C)CCc1ccc(C)cc1F)N1CN(C(C)/C(N)=N/c2ccc(CCC)cc2C)C1. The van der Waals surface area contributed by atoms with Gasteiger partial charge in [0.15, 0.2) is 0 Å². The molecule has 2 aromatic rings. The van der Waals surface area contributed by atoms with Crippen LogP contribution in [0.15, 0.2) is 77.0 Å². The molecule has 0 radical (unpaired) electrons. The van der Waals surface area contributed by atoms with Gasteiger partial charge in [0.2, 0.25) is 0 Å². The van der Waals surface area contributed by atoms with Crippen molar-refractivity contribution in [1.29, 1.82) is 5.26 Å². The molecule has 5 nitrogen and oxygen atoms in total. The Morgan fingerprint density at radius 1 is 1.18 bits per heavy atom. The van der Waals surface area contributed by atoms with E-state index in [9.17, 15) is 9.65 Å². The second-order valence-corrected chi connectivity index (χ2v) is 10.3. The highest BCUT2D eigenvalue weighted by atomic mass is 19.1. The van der Waals surface area contributed by atoms with Gasteiger partial charge >= 0.3 is 0 Å². The maximum absolute atomic E-state index is 14.1. The summed E-state index contributed by atoms with van der Waals surface area (Å²) < 4.78 is 14.1. The number of amidine groups is 1. The van der Waals surface area contributed by atoms with Crippen LogP contribution in [0.4, 0.5) is 10.1 Å². The van der Waals surface area contributed by atoms with Gasteiger partial charge in [-0.05, 0) is 93.5 Å². The lowest BCUT2D eigenvalue weighted by atomic mass is 10.0. The summed E-state index contributed by atoms with van der Waals surface area (Å²) in [5, 5.41) is 9.65. The first kappa shape index (κ1) is 28.9. The van der Waals surface area contributed by atoms with E-state index in [-0.39, 0.29) is 11.9 Å². The van der Waals surface area contributed by atoms with Crippen molar-refractivity contribution in [3.8, 4) is 6.07 Å². The second-order valence-electron chi connectivity index (χ2n) is 10.3. The Labute approximate surface area is 227 Å². The predicted octanol–water partition coefficient (Wildman–Crippen LogP) is 6.85. The Bertz CT molecular complexity index is 1290. The van der Waals surface area contributed by atoms with Gasteiger partial charge in [-0.1, -0.05) is 49.8 Å². The van der Waals surface area contributed by atoms with Crippen molar-refractivity contribution in [2.45, 2.75) is 66.3 Å². The summed E-state index contributed by atoms with van der Waals surface area (Å²) in [6.07, 6.45) is 7.12. The summed E-state index contributed by atoms with van der Waals surface area (Å²) in [6, 6.07) is 13.9. The first-order valence-electron chi connectivity index (χ1n) is 13.3. The van der Waals surface area contributed by atoms with E-state index in [2.05, 4.69) is 55.4 Å². The molecule has 2 aromatic carbocycles. The molecule has 1 fully saturated rings. The molecule has 1 heterocycles. The highest BCUT2D eigenvalue weighted by molar-refractivity contribution is 5.88. The van der Waals surface area contributed by atoms with E-state index in [1.807, 2.05) is 38.1 Å². The number of nitrogens with zero attached hydrogens (tertiary/aromatic N) is 4. The van der Waals surface area contributed by atoms with Crippen LogP contribution < -0.4 is 5.73 Å². The summed E-state index contributed by atoms with van der Waals surface area (Å²) in [5.74, 6) is 0.405. The van der Waals surface area contributed by atoms with Gasteiger partial charge in [0.05, 0.1) is 36.7 Å². The number of nitriles is 1. The van der Waals surface area contributed by atoms with Crippen LogP contribution in [0.25, 0.3) is 0 Å². The van der Waals surface area contributed by atoms with Crippen LogP contribution in [0.2, 0.25) is 0 Å². The van der Waals surface area contributed by atoms with Crippen molar-refractivity contribution in [3.05, 3.63) is 100 Å². The van der Waals surface area contributed by atoms with Crippen LogP contribution in [0, 0.1) is 31.0 Å². The molecular formula is C32H40FN5. The Hall–Kier alpha value is -3.69. The lowest BCUT2D eigenvalue weighted by Gasteiger charge is -2.47. The summed E-state index contributed by atoms with van der Waals surface area (Å²) in [6.45, 7) is 15.6. The number of halogens is 1. The lowest BCUT2D eigenvalue weighted by Crippen LogP contribution is -2.60. The first-order valence-corrected chi connectivity index (χ1v) is 13.3. The molecule has 200 valence electrons. The maximum atomic E-state index is 14.1. The van der Waals surface area contributed by atoms with E-state index in [4.69, 9.17) is 10.7 Å². The Morgan fingerprint density at radius 2 is 1.92 bits per heavy atom. The number of rotatable bonds is 11. The Balaban J connectivity index is 1.55. The quantitative estimate of drug-likeness (QED) is 0.154. The van der Waals surface area contributed by atoms with Crippen molar-refractivity contribution in [1.82, 2.24) is 9.80 Å². The third-order valence-corrected chi connectivity index (χ3v) is 6.99. The monoisotopic (exact) mass is 513 g/mol. The van der Waals surface area contributed by atoms with Crippen LogP contribution in [0.5, 0.6) is 0 Å². The van der Waals surface area contributed by atoms with Gasteiger partial charge in [-0.15, -0.1) is 0 Å². The van der Waals surface area contributed by atoms with Crippen molar-refractivity contribution < 1.29 is 4.39 Å². The summed E-state index contributed by atoms with van der Waals surface area (Å²) in [5.41, 5.74) is 13.7. The Morgan fingerprint density at radius 3 is 2.55 bits per heavy atom.